The molecule has 0 N–H and O–H groups in total. The van der Waals surface area contributed by atoms with Crippen LogP contribution in [0.3, 0.4) is 0 Å². The SMILES string of the molecule is C=CCOc1c(C(C)(C)C)cc(C)cc1[Si](C)(C)[Si](C)(C)C1=C(C)C(C)=C(C)C1C. The second-order valence-corrected chi connectivity index (χ2v) is 26.4. The minimum Gasteiger partial charge on any atom is -0.489 e. The van der Waals surface area contributed by atoms with E-state index >= 15 is 0 Å². The van der Waals surface area contributed by atoms with Gasteiger partial charge in [0.25, 0.3) is 0 Å². The molecule has 0 aliphatic heterocycles. The molecule has 1 aliphatic rings. The van der Waals surface area contributed by atoms with Crippen LogP contribution in [0.25, 0.3) is 0 Å². The molecular formula is C27H44OSi2. The zero-order valence-electron chi connectivity index (χ0n) is 21.6. The molecule has 0 spiro atoms. The van der Waals surface area contributed by atoms with Crippen LogP contribution in [0.1, 0.15) is 59.6 Å². The van der Waals surface area contributed by atoms with Crippen LogP contribution >= 0.6 is 0 Å². The normalized spacial score (nSPS) is 18.3. The van der Waals surface area contributed by atoms with Gasteiger partial charge in [0.05, 0.1) is 15.2 Å². The summed E-state index contributed by atoms with van der Waals surface area (Å²) in [6.07, 6.45) is 1.87. The molecular weight excluding hydrogens is 396 g/mol. The molecule has 1 nitrogen and oxygen atoms in total. The first kappa shape index (κ1) is 24.9. The number of aryl methyl sites for hydroxylation is 1. The van der Waals surface area contributed by atoms with E-state index in [-0.39, 0.29) is 5.41 Å². The summed E-state index contributed by atoms with van der Waals surface area (Å²) in [5.74, 6) is 1.71. The molecule has 0 radical (unpaired) electrons. The lowest BCUT2D eigenvalue weighted by atomic mass is 9.85. The lowest BCUT2D eigenvalue weighted by Gasteiger charge is -2.44. The van der Waals surface area contributed by atoms with E-state index in [1.165, 1.54) is 21.9 Å². The van der Waals surface area contributed by atoms with Crippen molar-refractivity contribution in [2.75, 3.05) is 6.61 Å². The predicted molar refractivity (Wildman–Crippen MR) is 140 cm³/mol. The predicted octanol–water partition coefficient (Wildman–Crippen LogP) is 7.40. The third kappa shape index (κ3) is 4.08. The molecule has 0 fully saturated rings. The molecule has 0 aromatic heterocycles. The highest BCUT2D eigenvalue weighted by Crippen LogP contribution is 2.45. The van der Waals surface area contributed by atoms with Crippen molar-refractivity contribution in [1.29, 1.82) is 0 Å². The smallest absolute Gasteiger partial charge is 0.122 e. The van der Waals surface area contributed by atoms with Crippen LogP contribution in [0.4, 0.5) is 0 Å². The number of benzene rings is 1. The highest BCUT2D eigenvalue weighted by Gasteiger charge is 2.50. The lowest BCUT2D eigenvalue weighted by molar-refractivity contribution is 0.354. The molecule has 0 saturated carbocycles. The van der Waals surface area contributed by atoms with Gasteiger partial charge in [-0.3, -0.25) is 0 Å². The molecule has 1 aromatic carbocycles. The zero-order chi connectivity index (χ0) is 23.2. The zero-order valence-corrected chi connectivity index (χ0v) is 23.6. The monoisotopic (exact) mass is 440 g/mol. The minimum absolute atomic E-state index is 0.0397. The van der Waals surface area contributed by atoms with Crippen LogP contribution in [0.5, 0.6) is 5.75 Å². The van der Waals surface area contributed by atoms with Crippen molar-refractivity contribution in [3.05, 3.63) is 57.8 Å². The van der Waals surface area contributed by atoms with Gasteiger partial charge in [0.1, 0.15) is 12.4 Å². The Bertz CT molecular complexity index is 908. The molecule has 0 amide bonds. The first-order chi connectivity index (χ1) is 13.6. The summed E-state index contributed by atoms with van der Waals surface area (Å²) >= 11 is 0. The Hall–Kier alpha value is -1.33. The summed E-state index contributed by atoms with van der Waals surface area (Å²) in [7, 11) is -3.61. The molecule has 1 aliphatic carbocycles. The summed E-state index contributed by atoms with van der Waals surface area (Å²) in [6, 6.07) is 4.77. The van der Waals surface area contributed by atoms with E-state index in [1.54, 1.807) is 16.3 Å². The van der Waals surface area contributed by atoms with Gasteiger partial charge in [-0.2, -0.15) is 0 Å². The van der Waals surface area contributed by atoms with Crippen LogP contribution in [0, 0.1) is 12.8 Å². The Kier molecular flexibility index (Phi) is 6.91. The number of allylic oxidation sites excluding steroid dienone is 4. The average Bonchev–Trinajstić information content (AvgIpc) is 2.82. The van der Waals surface area contributed by atoms with Gasteiger partial charge < -0.3 is 4.74 Å². The highest BCUT2D eigenvalue weighted by atomic mass is 29.3. The molecule has 0 saturated heterocycles. The molecule has 30 heavy (non-hydrogen) atoms. The van der Waals surface area contributed by atoms with E-state index in [0.717, 1.165) is 5.75 Å². The number of hydrogen-bond donors (Lipinski definition) is 0. The number of ether oxygens (including phenoxy) is 1. The maximum Gasteiger partial charge on any atom is 0.122 e. The first-order valence-electron chi connectivity index (χ1n) is 11.4. The lowest BCUT2D eigenvalue weighted by Crippen LogP contribution is -2.65. The summed E-state index contributed by atoms with van der Waals surface area (Å²) in [6.45, 7) is 33.5. The summed E-state index contributed by atoms with van der Waals surface area (Å²) in [5, 5.41) is 3.27. The van der Waals surface area contributed by atoms with Crippen LogP contribution in [0.2, 0.25) is 26.2 Å². The quantitative estimate of drug-likeness (QED) is 0.331. The van der Waals surface area contributed by atoms with Gasteiger partial charge in [0.15, 0.2) is 0 Å². The third-order valence-electron chi connectivity index (χ3n) is 7.94. The molecule has 1 atom stereocenters. The maximum absolute atomic E-state index is 6.45. The van der Waals surface area contributed by atoms with Gasteiger partial charge in [0, 0.05) is 0 Å². The summed E-state index contributed by atoms with van der Waals surface area (Å²) < 4.78 is 6.45. The second-order valence-electron chi connectivity index (χ2n) is 11.4. The Balaban J connectivity index is 2.78. The van der Waals surface area contributed by atoms with E-state index in [9.17, 15) is 0 Å². The van der Waals surface area contributed by atoms with E-state index in [4.69, 9.17) is 4.74 Å². The first-order valence-corrected chi connectivity index (χ1v) is 18.4. The van der Waals surface area contributed by atoms with Gasteiger partial charge in [-0.15, -0.1) is 0 Å². The van der Waals surface area contributed by atoms with E-state index in [2.05, 4.69) is 100 Å². The number of rotatable bonds is 6. The Morgan fingerprint density at radius 2 is 1.53 bits per heavy atom. The second kappa shape index (κ2) is 8.31. The third-order valence-corrected chi connectivity index (χ3v) is 25.9. The van der Waals surface area contributed by atoms with Crippen molar-refractivity contribution < 1.29 is 4.74 Å². The van der Waals surface area contributed by atoms with E-state index < -0.39 is 15.2 Å². The standard InChI is InChI=1S/C27H44OSi2/c1-14-15-28-25-23(27(7,8)9)16-18(2)17-24(25)29(10,11)30(12,13)26-21(5)19(3)20(4)22(26)6/h14,16-17,21H,1,15H2,2-13H3. The fourth-order valence-electron chi connectivity index (χ4n) is 5.14. The van der Waals surface area contributed by atoms with Crippen molar-refractivity contribution in [3.8, 4) is 5.75 Å². The van der Waals surface area contributed by atoms with Gasteiger partial charge in [0.2, 0.25) is 0 Å². The van der Waals surface area contributed by atoms with Gasteiger partial charge in [-0.1, -0.05) is 101 Å². The van der Waals surface area contributed by atoms with Crippen LogP contribution in [0.15, 0.2) is 46.7 Å². The maximum atomic E-state index is 6.45. The summed E-state index contributed by atoms with van der Waals surface area (Å²) in [5.41, 5.74) is 7.37. The topological polar surface area (TPSA) is 9.23 Å². The van der Waals surface area contributed by atoms with Crippen molar-refractivity contribution >= 4 is 20.4 Å². The average molecular weight is 441 g/mol. The Morgan fingerprint density at radius 3 is 1.97 bits per heavy atom. The fraction of sp³-hybridized carbons (Fsp3) is 0.556. The van der Waals surface area contributed by atoms with Crippen LogP contribution in [-0.2, 0) is 5.41 Å². The van der Waals surface area contributed by atoms with E-state index in [1.807, 2.05) is 6.08 Å². The molecule has 1 unspecified atom stereocenters. The highest BCUT2D eigenvalue weighted by molar-refractivity contribution is 7.48. The Morgan fingerprint density at radius 1 is 0.967 bits per heavy atom. The Labute approximate surface area is 188 Å². The van der Waals surface area contributed by atoms with Crippen LogP contribution in [-0.4, -0.2) is 21.8 Å². The minimum atomic E-state index is -1.86. The van der Waals surface area contributed by atoms with Crippen molar-refractivity contribution in [2.45, 2.75) is 87.0 Å². The van der Waals surface area contributed by atoms with Crippen molar-refractivity contribution in [3.63, 3.8) is 0 Å². The van der Waals surface area contributed by atoms with Gasteiger partial charge in [-0.05, 0) is 55.4 Å². The van der Waals surface area contributed by atoms with E-state index in [0.29, 0.717) is 12.5 Å². The molecule has 166 valence electrons. The van der Waals surface area contributed by atoms with Crippen LogP contribution < -0.4 is 9.92 Å². The number of hydrogen-bond acceptors (Lipinski definition) is 1. The van der Waals surface area contributed by atoms with Gasteiger partial charge in [-0.25, -0.2) is 0 Å². The largest absolute Gasteiger partial charge is 0.489 e. The van der Waals surface area contributed by atoms with Gasteiger partial charge >= 0.3 is 0 Å². The van der Waals surface area contributed by atoms with Crippen molar-refractivity contribution in [1.82, 2.24) is 0 Å². The molecule has 0 heterocycles. The molecule has 3 heteroatoms. The fourth-order valence-corrected chi connectivity index (χ4v) is 16.1. The molecule has 0 bridgehead atoms. The summed E-state index contributed by atoms with van der Waals surface area (Å²) in [4.78, 5) is 0. The molecule has 1 aromatic rings. The molecule has 2 rings (SSSR count). The van der Waals surface area contributed by atoms with Crippen molar-refractivity contribution in [2.24, 2.45) is 5.92 Å².